The first-order valence-corrected chi connectivity index (χ1v) is 7.34. The molecule has 0 amide bonds. The van der Waals surface area contributed by atoms with Crippen molar-refractivity contribution < 1.29 is 0 Å². The Morgan fingerprint density at radius 2 is 1.90 bits per heavy atom. The van der Waals surface area contributed by atoms with Gasteiger partial charge in [0.05, 0.1) is 0 Å². The van der Waals surface area contributed by atoms with E-state index in [4.69, 9.17) is 5.73 Å². The second-order valence-electron chi connectivity index (χ2n) is 5.50. The van der Waals surface area contributed by atoms with Gasteiger partial charge in [-0.05, 0) is 37.2 Å². The van der Waals surface area contributed by atoms with Crippen LogP contribution in [0.25, 0.3) is 0 Å². The first-order chi connectivity index (χ1) is 9.25. The highest BCUT2D eigenvalue weighted by atomic mass is 127. The molecule has 1 aromatic rings. The molecule has 0 saturated carbocycles. The number of hydrogen-bond donors (Lipinski definition) is 1. The molecule has 3 nitrogen and oxygen atoms in total. The van der Waals surface area contributed by atoms with E-state index in [1.807, 2.05) is 0 Å². The highest BCUT2D eigenvalue weighted by Gasteiger charge is 2.16. The molecule has 0 spiro atoms. The van der Waals surface area contributed by atoms with Crippen LogP contribution >= 0.6 is 24.0 Å². The van der Waals surface area contributed by atoms with E-state index in [0.717, 1.165) is 44.4 Å². The second-order valence-corrected chi connectivity index (χ2v) is 5.50. The molecule has 1 aliphatic rings. The summed E-state index contributed by atoms with van der Waals surface area (Å²) in [4.78, 5) is 6.73. The number of hydrogen-bond acceptors (Lipinski definition) is 1. The van der Waals surface area contributed by atoms with Crippen LogP contribution in [-0.4, -0.2) is 30.5 Å². The number of rotatable bonds is 4. The fraction of sp³-hybridized carbons (Fsp3) is 0.562. The molecule has 20 heavy (non-hydrogen) atoms. The highest BCUT2D eigenvalue weighted by Crippen LogP contribution is 2.15. The van der Waals surface area contributed by atoms with Crippen LogP contribution < -0.4 is 5.73 Å². The largest absolute Gasteiger partial charge is 0.370 e. The third-order valence-corrected chi connectivity index (χ3v) is 3.85. The maximum atomic E-state index is 6.05. The summed E-state index contributed by atoms with van der Waals surface area (Å²) in [6.07, 6.45) is 4.62. The number of aliphatic imine (C=N–C) groups is 1. The zero-order chi connectivity index (χ0) is 13.5. The van der Waals surface area contributed by atoms with E-state index in [-0.39, 0.29) is 24.0 Å². The standard InChI is InChI=1S/C16H25N3.HI/c1-14-9-12-19(13-10-14)16(17)18-11-5-8-15-6-3-2-4-7-15;/h2-4,6-7,14H,5,8-13H2,1H3,(H2,17,18);1H. The van der Waals surface area contributed by atoms with Gasteiger partial charge in [-0.3, -0.25) is 4.99 Å². The van der Waals surface area contributed by atoms with Gasteiger partial charge < -0.3 is 10.6 Å². The topological polar surface area (TPSA) is 41.6 Å². The van der Waals surface area contributed by atoms with Crippen molar-refractivity contribution in [3.8, 4) is 0 Å². The van der Waals surface area contributed by atoms with Gasteiger partial charge in [-0.15, -0.1) is 24.0 Å². The molecule has 1 heterocycles. The molecule has 4 heteroatoms. The molecule has 0 aliphatic carbocycles. The van der Waals surface area contributed by atoms with Crippen LogP contribution in [0.1, 0.15) is 31.7 Å². The zero-order valence-electron chi connectivity index (χ0n) is 12.3. The van der Waals surface area contributed by atoms with Crippen LogP contribution in [0.4, 0.5) is 0 Å². The average molecular weight is 387 g/mol. The average Bonchev–Trinajstić information content (AvgIpc) is 2.45. The lowest BCUT2D eigenvalue weighted by Crippen LogP contribution is -2.42. The summed E-state index contributed by atoms with van der Waals surface area (Å²) in [7, 11) is 0. The number of nitrogens with two attached hydrogens (primary N) is 1. The number of guanidine groups is 1. The molecule has 1 saturated heterocycles. The van der Waals surface area contributed by atoms with Gasteiger partial charge in [-0.1, -0.05) is 37.3 Å². The summed E-state index contributed by atoms with van der Waals surface area (Å²) in [5.74, 6) is 1.57. The molecule has 2 N–H and O–H groups in total. The van der Waals surface area contributed by atoms with Gasteiger partial charge in [0, 0.05) is 19.6 Å². The van der Waals surface area contributed by atoms with Crippen molar-refractivity contribution in [1.29, 1.82) is 0 Å². The summed E-state index contributed by atoms with van der Waals surface area (Å²) in [6.45, 7) is 5.27. The Hall–Kier alpha value is -0.780. The van der Waals surface area contributed by atoms with Gasteiger partial charge in [0.1, 0.15) is 0 Å². The number of aryl methyl sites for hydroxylation is 1. The number of halogens is 1. The van der Waals surface area contributed by atoms with Crippen molar-refractivity contribution >= 4 is 29.9 Å². The Bertz CT molecular complexity index is 397. The van der Waals surface area contributed by atoms with Crippen LogP contribution in [0.3, 0.4) is 0 Å². The van der Waals surface area contributed by atoms with Gasteiger partial charge in [0.2, 0.25) is 0 Å². The molecule has 1 aromatic carbocycles. The Morgan fingerprint density at radius 1 is 1.25 bits per heavy atom. The smallest absolute Gasteiger partial charge is 0.191 e. The van der Waals surface area contributed by atoms with E-state index in [9.17, 15) is 0 Å². The zero-order valence-corrected chi connectivity index (χ0v) is 14.6. The number of nitrogens with zero attached hydrogens (tertiary/aromatic N) is 2. The molecule has 0 aromatic heterocycles. The summed E-state index contributed by atoms with van der Waals surface area (Å²) >= 11 is 0. The normalized spacial score (nSPS) is 16.9. The second kappa shape index (κ2) is 9.21. The van der Waals surface area contributed by atoms with Crippen LogP contribution in [0.5, 0.6) is 0 Å². The van der Waals surface area contributed by atoms with Crippen LogP contribution in [-0.2, 0) is 6.42 Å². The fourth-order valence-electron chi connectivity index (χ4n) is 2.46. The van der Waals surface area contributed by atoms with Gasteiger partial charge in [-0.25, -0.2) is 0 Å². The Labute approximate surface area is 139 Å². The molecule has 0 bridgehead atoms. The summed E-state index contributed by atoms with van der Waals surface area (Å²) in [5, 5.41) is 0. The maximum Gasteiger partial charge on any atom is 0.191 e. The predicted octanol–water partition coefficient (Wildman–Crippen LogP) is 3.28. The van der Waals surface area contributed by atoms with Gasteiger partial charge in [0.25, 0.3) is 0 Å². The number of likely N-dealkylation sites (tertiary alicyclic amines) is 1. The first kappa shape index (κ1) is 17.3. The lowest BCUT2D eigenvalue weighted by atomic mass is 10.00. The minimum absolute atomic E-state index is 0. The van der Waals surface area contributed by atoms with Crippen molar-refractivity contribution in [2.75, 3.05) is 19.6 Å². The van der Waals surface area contributed by atoms with E-state index in [2.05, 4.69) is 47.1 Å². The first-order valence-electron chi connectivity index (χ1n) is 7.34. The number of benzene rings is 1. The van der Waals surface area contributed by atoms with E-state index in [1.165, 1.54) is 18.4 Å². The van der Waals surface area contributed by atoms with Crippen molar-refractivity contribution in [3.05, 3.63) is 35.9 Å². The van der Waals surface area contributed by atoms with Crippen molar-refractivity contribution in [3.63, 3.8) is 0 Å². The van der Waals surface area contributed by atoms with Crippen molar-refractivity contribution in [2.24, 2.45) is 16.6 Å². The van der Waals surface area contributed by atoms with Crippen LogP contribution in [0.2, 0.25) is 0 Å². The van der Waals surface area contributed by atoms with Gasteiger partial charge in [0.15, 0.2) is 5.96 Å². The molecular weight excluding hydrogens is 361 g/mol. The maximum absolute atomic E-state index is 6.05. The Balaban J connectivity index is 0.00000200. The van der Waals surface area contributed by atoms with E-state index in [1.54, 1.807) is 0 Å². The Morgan fingerprint density at radius 3 is 2.55 bits per heavy atom. The van der Waals surface area contributed by atoms with Crippen LogP contribution in [0, 0.1) is 5.92 Å². The molecule has 1 aliphatic heterocycles. The number of piperidine rings is 1. The molecule has 2 rings (SSSR count). The van der Waals surface area contributed by atoms with Crippen molar-refractivity contribution in [2.45, 2.75) is 32.6 Å². The molecular formula is C16H26IN3. The molecule has 112 valence electrons. The van der Waals surface area contributed by atoms with E-state index in [0.29, 0.717) is 0 Å². The van der Waals surface area contributed by atoms with Crippen molar-refractivity contribution in [1.82, 2.24) is 4.90 Å². The predicted molar refractivity (Wildman–Crippen MR) is 96.6 cm³/mol. The molecule has 0 unspecified atom stereocenters. The monoisotopic (exact) mass is 387 g/mol. The minimum Gasteiger partial charge on any atom is -0.370 e. The Kier molecular flexibility index (Phi) is 7.95. The van der Waals surface area contributed by atoms with Gasteiger partial charge >= 0.3 is 0 Å². The van der Waals surface area contributed by atoms with Gasteiger partial charge in [-0.2, -0.15) is 0 Å². The quantitative estimate of drug-likeness (QED) is 0.373. The highest BCUT2D eigenvalue weighted by molar-refractivity contribution is 14.0. The fourth-order valence-corrected chi connectivity index (χ4v) is 2.46. The molecule has 0 radical (unpaired) electrons. The lowest BCUT2D eigenvalue weighted by Gasteiger charge is -2.31. The summed E-state index contributed by atoms with van der Waals surface area (Å²) < 4.78 is 0. The minimum atomic E-state index is 0. The van der Waals surface area contributed by atoms with Crippen LogP contribution in [0.15, 0.2) is 35.3 Å². The summed E-state index contributed by atoms with van der Waals surface area (Å²) in [6, 6.07) is 10.6. The van der Waals surface area contributed by atoms with E-state index >= 15 is 0 Å². The third kappa shape index (κ3) is 5.69. The lowest BCUT2D eigenvalue weighted by molar-refractivity contribution is 0.277. The van der Waals surface area contributed by atoms with E-state index < -0.39 is 0 Å². The SMILES string of the molecule is CC1CCN(C(N)=NCCCc2ccccc2)CC1.I. The molecule has 1 fully saturated rings. The summed E-state index contributed by atoms with van der Waals surface area (Å²) in [5.41, 5.74) is 7.43. The third-order valence-electron chi connectivity index (χ3n) is 3.85. The molecule has 0 atom stereocenters.